The molecule has 0 aliphatic heterocycles. The lowest BCUT2D eigenvalue weighted by atomic mass is 9.94. The number of rotatable bonds is 6. The van der Waals surface area contributed by atoms with E-state index in [1.165, 1.54) is 59.6 Å². The molecule has 11 aromatic carbocycles. The standard InChI is InChI=1S/C57H37N3/c1-3-15-38(16-4-1)39-27-31-42(32-28-39)59(44-35-36-51-47-21-8-7-19-45(47)46-20-9-10-24-50(46)54(51)37-44)43-33-29-40(30-34-43)57-58-55-52-25-13-11-22-48(52)49-23-12-14-26-53(49)56(55)60(57)41-17-5-2-6-18-41/h1-37H. The van der Waals surface area contributed by atoms with Gasteiger partial charge in [-0.15, -0.1) is 0 Å². The number of fused-ring (bicyclic) bond motifs is 12. The molecule has 3 nitrogen and oxygen atoms in total. The topological polar surface area (TPSA) is 21.1 Å². The molecule has 0 fully saturated rings. The van der Waals surface area contributed by atoms with Gasteiger partial charge in [0, 0.05) is 39.1 Å². The number of benzene rings is 11. The Morgan fingerprint density at radius 1 is 0.300 bits per heavy atom. The highest BCUT2D eigenvalue weighted by Gasteiger charge is 2.21. The molecule has 0 saturated heterocycles. The molecule has 1 heterocycles. The summed E-state index contributed by atoms with van der Waals surface area (Å²) in [5, 5.41) is 12.3. The molecule has 0 atom stereocenters. The third kappa shape index (κ3) is 5.40. The zero-order valence-corrected chi connectivity index (χ0v) is 32.7. The highest BCUT2D eigenvalue weighted by Crippen LogP contribution is 2.43. The molecule has 0 amide bonds. The number of hydrogen-bond acceptors (Lipinski definition) is 2. The molecule has 0 aliphatic carbocycles. The average molecular weight is 764 g/mol. The molecule has 12 aromatic rings. The zero-order chi connectivity index (χ0) is 39.6. The lowest BCUT2D eigenvalue weighted by Gasteiger charge is -2.26. The average Bonchev–Trinajstić information content (AvgIpc) is 3.74. The van der Waals surface area contributed by atoms with Crippen LogP contribution in [0.3, 0.4) is 0 Å². The summed E-state index contributed by atoms with van der Waals surface area (Å²) in [5.74, 6) is 0.909. The Kier molecular flexibility index (Phi) is 7.85. The minimum Gasteiger partial charge on any atom is -0.310 e. The summed E-state index contributed by atoms with van der Waals surface area (Å²) in [5.41, 5.74) is 9.87. The molecule has 0 aliphatic rings. The van der Waals surface area contributed by atoms with Crippen molar-refractivity contribution in [2.24, 2.45) is 0 Å². The van der Waals surface area contributed by atoms with Gasteiger partial charge < -0.3 is 4.90 Å². The molecule has 0 N–H and O–H groups in total. The third-order valence-electron chi connectivity index (χ3n) is 12.1. The fourth-order valence-electron chi connectivity index (χ4n) is 9.40. The number of hydrogen-bond donors (Lipinski definition) is 0. The smallest absolute Gasteiger partial charge is 0.145 e. The van der Waals surface area contributed by atoms with E-state index >= 15 is 0 Å². The predicted molar refractivity (Wildman–Crippen MR) is 254 cm³/mol. The summed E-state index contributed by atoms with van der Waals surface area (Å²) in [6.45, 7) is 0. The summed E-state index contributed by atoms with van der Waals surface area (Å²) in [7, 11) is 0. The Morgan fingerprint density at radius 3 is 1.28 bits per heavy atom. The van der Waals surface area contributed by atoms with Crippen LogP contribution in [0.4, 0.5) is 17.1 Å². The second-order valence-electron chi connectivity index (χ2n) is 15.5. The van der Waals surface area contributed by atoms with E-state index in [2.05, 4.69) is 234 Å². The van der Waals surface area contributed by atoms with Crippen LogP contribution >= 0.6 is 0 Å². The highest BCUT2D eigenvalue weighted by molar-refractivity contribution is 6.26. The van der Waals surface area contributed by atoms with Crippen LogP contribution in [0.25, 0.3) is 93.1 Å². The first-order valence-corrected chi connectivity index (χ1v) is 20.6. The van der Waals surface area contributed by atoms with Gasteiger partial charge in [0.05, 0.1) is 11.0 Å². The quantitative estimate of drug-likeness (QED) is 0.157. The van der Waals surface area contributed by atoms with Crippen molar-refractivity contribution in [2.45, 2.75) is 0 Å². The minimum absolute atomic E-state index is 0.909. The van der Waals surface area contributed by atoms with Crippen molar-refractivity contribution in [3.05, 3.63) is 224 Å². The first kappa shape index (κ1) is 34.1. The van der Waals surface area contributed by atoms with Gasteiger partial charge in [-0.25, -0.2) is 4.98 Å². The van der Waals surface area contributed by atoms with Crippen molar-refractivity contribution in [3.8, 4) is 28.2 Å². The normalized spacial score (nSPS) is 11.7. The maximum absolute atomic E-state index is 5.50. The first-order chi connectivity index (χ1) is 29.8. The molecular weight excluding hydrogens is 727 g/mol. The van der Waals surface area contributed by atoms with Crippen LogP contribution < -0.4 is 4.90 Å². The molecule has 0 bridgehead atoms. The predicted octanol–water partition coefficient (Wildman–Crippen LogP) is 15.6. The lowest BCUT2D eigenvalue weighted by Crippen LogP contribution is -2.10. The Balaban J connectivity index is 1.06. The Bertz CT molecular complexity index is 3540. The molecule has 0 unspecified atom stereocenters. The van der Waals surface area contributed by atoms with Crippen molar-refractivity contribution < 1.29 is 0 Å². The van der Waals surface area contributed by atoms with Gasteiger partial charge in [-0.2, -0.15) is 0 Å². The van der Waals surface area contributed by atoms with Crippen LogP contribution in [-0.4, -0.2) is 9.55 Å². The first-order valence-electron chi connectivity index (χ1n) is 20.6. The molecule has 0 radical (unpaired) electrons. The highest BCUT2D eigenvalue weighted by atomic mass is 15.1. The molecule has 12 rings (SSSR count). The van der Waals surface area contributed by atoms with E-state index in [0.29, 0.717) is 0 Å². The SMILES string of the molecule is c1ccc(-c2ccc(N(c3ccc(-c4nc5c6ccccc6c6ccccc6c5n4-c4ccccc4)cc3)c3ccc4c5ccccc5c5ccccc5c4c3)cc2)cc1. The molecule has 0 saturated carbocycles. The van der Waals surface area contributed by atoms with Crippen LogP contribution in [0, 0.1) is 0 Å². The number of imidazole rings is 1. The van der Waals surface area contributed by atoms with E-state index in [1.54, 1.807) is 0 Å². The summed E-state index contributed by atoms with van der Waals surface area (Å²) in [6.07, 6.45) is 0. The third-order valence-corrected chi connectivity index (χ3v) is 12.1. The minimum atomic E-state index is 0.909. The van der Waals surface area contributed by atoms with Crippen LogP contribution in [-0.2, 0) is 0 Å². The Hall–Kier alpha value is -8.01. The van der Waals surface area contributed by atoms with Crippen molar-refractivity contribution in [1.82, 2.24) is 9.55 Å². The summed E-state index contributed by atoms with van der Waals surface area (Å²) in [4.78, 5) is 7.88. The van der Waals surface area contributed by atoms with E-state index < -0.39 is 0 Å². The van der Waals surface area contributed by atoms with Gasteiger partial charge in [0.25, 0.3) is 0 Å². The van der Waals surface area contributed by atoms with Crippen LogP contribution in [0.1, 0.15) is 0 Å². The van der Waals surface area contributed by atoms with Gasteiger partial charge in [-0.1, -0.05) is 164 Å². The zero-order valence-electron chi connectivity index (χ0n) is 32.7. The fourth-order valence-corrected chi connectivity index (χ4v) is 9.40. The van der Waals surface area contributed by atoms with Crippen molar-refractivity contribution >= 4 is 82.0 Å². The van der Waals surface area contributed by atoms with E-state index in [1.807, 2.05) is 0 Å². The van der Waals surface area contributed by atoms with Crippen molar-refractivity contribution in [3.63, 3.8) is 0 Å². The van der Waals surface area contributed by atoms with Gasteiger partial charge in [0.2, 0.25) is 0 Å². The number of anilines is 3. The number of nitrogens with zero attached hydrogens (tertiary/aromatic N) is 3. The lowest BCUT2D eigenvalue weighted by molar-refractivity contribution is 1.11. The van der Waals surface area contributed by atoms with Gasteiger partial charge in [-0.3, -0.25) is 4.57 Å². The molecule has 0 spiro atoms. The van der Waals surface area contributed by atoms with Gasteiger partial charge in [0.15, 0.2) is 0 Å². The number of aromatic nitrogens is 2. The van der Waals surface area contributed by atoms with Crippen LogP contribution in [0.2, 0.25) is 0 Å². The second-order valence-corrected chi connectivity index (χ2v) is 15.5. The monoisotopic (exact) mass is 763 g/mol. The van der Waals surface area contributed by atoms with E-state index in [-0.39, 0.29) is 0 Å². The van der Waals surface area contributed by atoms with Gasteiger partial charge in [-0.05, 0) is 115 Å². The van der Waals surface area contributed by atoms with Gasteiger partial charge >= 0.3 is 0 Å². The van der Waals surface area contributed by atoms with Crippen molar-refractivity contribution in [2.75, 3.05) is 4.90 Å². The Morgan fingerprint density at radius 2 is 0.700 bits per heavy atom. The maximum atomic E-state index is 5.50. The summed E-state index contributed by atoms with van der Waals surface area (Å²) < 4.78 is 2.35. The van der Waals surface area contributed by atoms with Gasteiger partial charge in [0.1, 0.15) is 5.82 Å². The second kappa shape index (κ2) is 13.8. The number of para-hydroxylation sites is 1. The van der Waals surface area contributed by atoms with E-state index in [4.69, 9.17) is 4.98 Å². The molecular formula is C57H37N3. The van der Waals surface area contributed by atoms with Crippen LogP contribution in [0.15, 0.2) is 224 Å². The molecule has 3 heteroatoms. The maximum Gasteiger partial charge on any atom is 0.145 e. The molecule has 1 aromatic heterocycles. The molecule has 60 heavy (non-hydrogen) atoms. The van der Waals surface area contributed by atoms with E-state index in [9.17, 15) is 0 Å². The van der Waals surface area contributed by atoms with Crippen LogP contribution in [0.5, 0.6) is 0 Å². The van der Waals surface area contributed by atoms with Crippen molar-refractivity contribution in [1.29, 1.82) is 0 Å². The Labute approximate surface area is 347 Å². The summed E-state index contributed by atoms with van der Waals surface area (Å²) >= 11 is 0. The largest absolute Gasteiger partial charge is 0.310 e. The molecule has 280 valence electrons. The van der Waals surface area contributed by atoms with E-state index in [0.717, 1.165) is 50.6 Å². The fraction of sp³-hybridized carbons (Fsp3) is 0. The summed E-state index contributed by atoms with van der Waals surface area (Å²) in [6, 6.07) is 81.0.